The predicted octanol–water partition coefficient (Wildman–Crippen LogP) is 2.79. The number of aromatic nitrogens is 2. The van der Waals surface area contributed by atoms with Gasteiger partial charge in [-0.25, -0.2) is 4.68 Å². The highest BCUT2D eigenvalue weighted by molar-refractivity contribution is 5.99. The highest BCUT2D eigenvalue weighted by atomic mass is 16.2. The molecule has 0 aliphatic rings. The van der Waals surface area contributed by atoms with Crippen LogP contribution in [0.3, 0.4) is 0 Å². The number of hydrogen-bond acceptors (Lipinski definition) is 4. The number of carbonyl (C=O) groups excluding carboxylic acids is 2. The molecule has 144 valence electrons. The molecule has 2 N–H and O–H groups in total. The van der Waals surface area contributed by atoms with Crippen LogP contribution in [0.15, 0.2) is 67.0 Å². The van der Waals surface area contributed by atoms with Gasteiger partial charge < -0.3 is 4.90 Å². The average molecular weight is 377 g/mol. The molecule has 0 fully saturated rings. The van der Waals surface area contributed by atoms with Crippen LogP contribution in [0, 0.1) is 0 Å². The lowest BCUT2D eigenvalue weighted by Gasteiger charge is -2.21. The maximum absolute atomic E-state index is 12.3. The zero-order valence-electron chi connectivity index (χ0n) is 15.9. The topological polar surface area (TPSA) is 79.3 Å². The molecular weight excluding hydrogens is 354 g/mol. The van der Waals surface area contributed by atoms with Gasteiger partial charge in [-0.05, 0) is 50.2 Å². The molecule has 0 saturated carbocycles. The Bertz CT molecular complexity index is 931. The number of hydrogen-bond donors (Lipinski definition) is 2. The minimum Gasteiger partial charge on any atom is -0.372 e. The zero-order chi connectivity index (χ0) is 19.9. The maximum atomic E-state index is 12.3. The number of nitrogens with one attached hydrogen (secondary N) is 2. The van der Waals surface area contributed by atoms with E-state index in [1.165, 1.54) is 6.20 Å². The van der Waals surface area contributed by atoms with Crippen LogP contribution in [0.4, 0.5) is 5.69 Å². The predicted molar refractivity (Wildman–Crippen MR) is 108 cm³/mol. The second-order valence-corrected chi connectivity index (χ2v) is 6.14. The van der Waals surface area contributed by atoms with E-state index in [0.717, 1.165) is 24.5 Å². The standard InChI is InChI=1S/C21H23N5O2/c1-3-25(4-2)18-12-10-16(11-13-18)20(27)23-24-21(28)17-14-22-26(15-17)19-8-6-5-7-9-19/h5-15H,3-4H2,1-2H3,(H,23,27)(H,24,28). The summed E-state index contributed by atoms with van der Waals surface area (Å²) >= 11 is 0. The molecule has 3 aromatic rings. The molecule has 0 aliphatic carbocycles. The largest absolute Gasteiger partial charge is 0.372 e. The number of benzene rings is 2. The summed E-state index contributed by atoms with van der Waals surface area (Å²) in [7, 11) is 0. The first kappa shape index (κ1) is 19.2. The minimum absolute atomic E-state index is 0.348. The summed E-state index contributed by atoms with van der Waals surface area (Å²) in [6, 6.07) is 16.7. The number of hydrazine groups is 1. The van der Waals surface area contributed by atoms with Crippen LogP contribution in [0.1, 0.15) is 34.6 Å². The van der Waals surface area contributed by atoms with E-state index in [1.807, 2.05) is 42.5 Å². The molecule has 0 unspecified atom stereocenters. The van der Waals surface area contributed by atoms with Crippen LogP contribution < -0.4 is 15.8 Å². The second-order valence-electron chi connectivity index (χ2n) is 6.14. The monoisotopic (exact) mass is 377 g/mol. The second kappa shape index (κ2) is 8.85. The van der Waals surface area contributed by atoms with E-state index >= 15 is 0 Å². The van der Waals surface area contributed by atoms with Gasteiger partial charge in [0.1, 0.15) is 0 Å². The zero-order valence-corrected chi connectivity index (χ0v) is 15.9. The first-order valence-electron chi connectivity index (χ1n) is 9.18. The lowest BCUT2D eigenvalue weighted by atomic mass is 10.2. The first-order chi connectivity index (χ1) is 13.6. The molecule has 0 aliphatic heterocycles. The number of rotatable bonds is 6. The Morgan fingerprint density at radius 2 is 1.50 bits per heavy atom. The molecule has 7 nitrogen and oxygen atoms in total. The molecule has 1 aromatic heterocycles. The number of anilines is 1. The first-order valence-corrected chi connectivity index (χ1v) is 9.18. The highest BCUT2D eigenvalue weighted by Gasteiger charge is 2.12. The molecule has 0 spiro atoms. The van der Waals surface area contributed by atoms with Crippen molar-refractivity contribution in [2.75, 3.05) is 18.0 Å². The van der Waals surface area contributed by atoms with E-state index in [0.29, 0.717) is 11.1 Å². The molecule has 0 radical (unpaired) electrons. The molecule has 0 saturated heterocycles. The van der Waals surface area contributed by atoms with Crippen molar-refractivity contribution in [2.45, 2.75) is 13.8 Å². The lowest BCUT2D eigenvalue weighted by Crippen LogP contribution is -2.41. The molecule has 3 rings (SSSR count). The highest BCUT2D eigenvalue weighted by Crippen LogP contribution is 2.14. The van der Waals surface area contributed by atoms with Crippen LogP contribution in [0.25, 0.3) is 5.69 Å². The normalized spacial score (nSPS) is 10.4. The molecular formula is C21H23N5O2. The van der Waals surface area contributed by atoms with E-state index in [1.54, 1.807) is 23.0 Å². The molecule has 2 amide bonds. The molecule has 7 heteroatoms. The number of nitrogens with zero attached hydrogens (tertiary/aromatic N) is 3. The Hall–Kier alpha value is -3.61. The third-order valence-corrected chi connectivity index (χ3v) is 4.41. The Morgan fingerprint density at radius 1 is 0.893 bits per heavy atom. The van der Waals surface area contributed by atoms with Crippen molar-refractivity contribution in [3.8, 4) is 5.69 Å². The van der Waals surface area contributed by atoms with Crippen molar-refractivity contribution >= 4 is 17.5 Å². The van der Waals surface area contributed by atoms with Crippen molar-refractivity contribution in [1.29, 1.82) is 0 Å². The van der Waals surface area contributed by atoms with Gasteiger partial charge >= 0.3 is 0 Å². The third kappa shape index (κ3) is 4.37. The van der Waals surface area contributed by atoms with Crippen molar-refractivity contribution in [1.82, 2.24) is 20.6 Å². The van der Waals surface area contributed by atoms with E-state index in [4.69, 9.17) is 0 Å². The van der Waals surface area contributed by atoms with Gasteiger partial charge in [0, 0.05) is 30.5 Å². The quantitative estimate of drug-likeness (QED) is 0.648. The summed E-state index contributed by atoms with van der Waals surface area (Å²) < 4.78 is 1.60. The Labute approximate surface area is 163 Å². The molecule has 1 heterocycles. The van der Waals surface area contributed by atoms with Crippen LogP contribution in [-0.4, -0.2) is 34.7 Å². The summed E-state index contributed by atoms with van der Waals surface area (Å²) in [6.45, 7) is 5.96. The van der Waals surface area contributed by atoms with E-state index in [9.17, 15) is 9.59 Å². The van der Waals surface area contributed by atoms with Gasteiger partial charge in [-0.3, -0.25) is 20.4 Å². The van der Waals surface area contributed by atoms with Gasteiger partial charge in [-0.1, -0.05) is 18.2 Å². The van der Waals surface area contributed by atoms with Crippen molar-refractivity contribution in [3.63, 3.8) is 0 Å². The van der Waals surface area contributed by atoms with Crippen molar-refractivity contribution < 1.29 is 9.59 Å². The SMILES string of the molecule is CCN(CC)c1ccc(C(=O)NNC(=O)c2cnn(-c3ccccc3)c2)cc1. The van der Waals surface area contributed by atoms with Crippen LogP contribution in [0.2, 0.25) is 0 Å². The van der Waals surface area contributed by atoms with Gasteiger partial charge in [0.15, 0.2) is 0 Å². The van der Waals surface area contributed by atoms with E-state index in [-0.39, 0.29) is 5.91 Å². The van der Waals surface area contributed by atoms with Crippen LogP contribution in [-0.2, 0) is 0 Å². The average Bonchev–Trinajstić information content (AvgIpc) is 3.24. The van der Waals surface area contributed by atoms with Crippen molar-refractivity contribution in [2.24, 2.45) is 0 Å². The van der Waals surface area contributed by atoms with Crippen LogP contribution in [0.5, 0.6) is 0 Å². The van der Waals surface area contributed by atoms with Gasteiger partial charge in [0.05, 0.1) is 17.4 Å². The fourth-order valence-corrected chi connectivity index (χ4v) is 2.83. The number of carbonyl (C=O) groups is 2. The van der Waals surface area contributed by atoms with Gasteiger partial charge in [0.2, 0.25) is 0 Å². The molecule has 2 aromatic carbocycles. The fourth-order valence-electron chi connectivity index (χ4n) is 2.83. The number of amides is 2. The fraction of sp³-hybridized carbons (Fsp3) is 0.190. The molecule has 0 bridgehead atoms. The van der Waals surface area contributed by atoms with E-state index < -0.39 is 5.91 Å². The Morgan fingerprint density at radius 3 is 2.11 bits per heavy atom. The summed E-state index contributed by atoms with van der Waals surface area (Å²) in [6.07, 6.45) is 3.06. The number of para-hydroxylation sites is 1. The molecule has 28 heavy (non-hydrogen) atoms. The van der Waals surface area contributed by atoms with Gasteiger partial charge in [-0.2, -0.15) is 5.10 Å². The Balaban J connectivity index is 1.59. The van der Waals surface area contributed by atoms with Crippen molar-refractivity contribution in [3.05, 3.63) is 78.1 Å². The third-order valence-electron chi connectivity index (χ3n) is 4.41. The van der Waals surface area contributed by atoms with E-state index in [2.05, 4.69) is 34.7 Å². The maximum Gasteiger partial charge on any atom is 0.272 e. The summed E-state index contributed by atoms with van der Waals surface area (Å²) in [5, 5.41) is 4.17. The summed E-state index contributed by atoms with van der Waals surface area (Å²) in [5.41, 5.74) is 7.57. The van der Waals surface area contributed by atoms with Crippen LogP contribution >= 0.6 is 0 Å². The summed E-state index contributed by atoms with van der Waals surface area (Å²) in [4.78, 5) is 26.7. The van der Waals surface area contributed by atoms with Gasteiger partial charge in [-0.15, -0.1) is 0 Å². The summed E-state index contributed by atoms with van der Waals surface area (Å²) in [5.74, 6) is -0.815. The lowest BCUT2D eigenvalue weighted by molar-refractivity contribution is 0.0846. The van der Waals surface area contributed by atoms with Gasteiger partial charge in [0.25, 0.3) is 11.8 Å². The smallest absolute Gasteiger partial charge is 0.272 e. The Kier molecular flexibility index (Phi) is 6.06. The molecule has 0 atom stereocenters. The minimum atomic E-state index is -0.435.